The van der Waals surface area contributed by atoms with Crippen LogP contribution < -0.4 is 5.32 Å². The van der Waals surface area contributed by atoms with Crippen LogP contribution in [0.4, 0.5) is 0 Å². The van der Waals surface area contributed by atoms with Crippen LogP contribution in [0.15, 0.2) is 12.8 Å². The second kappa shape index (κ2) is 2.52. The summed E-state index contributed by atoms with van der Waals surface area (Å²) in [5.41, 5.74) is 0.666. The van der Waals surface area contributed by atoms with Crippen LogP contribution >= 0.6 is 0 Å². The van der Waals surface area contributed by atoms with Gasteiger partial charge in [-0.3, -0.25) is 0 Å². The fourth-order valence-corrected chi connectivity index (χ4v) is 2.22. The van der Waals surface area contributed by atoms with E-state index in [1.807, 2.05) is 6.20 Å². The molecule has 2 heteroatoms. The molecule has 0 aromatic carbocycles. The molecule has 2 aliphatic heterocycles. The maximum atomic E-state index is 3.77. The molecule has 0 radical (unpaired) electrons. The molecule has 0 saturated carbocycles. The molecule has 0 amide bonds. The first-order chi connectivity index (χ1) is 5.35. The zero-order valence-electron chi connectivity index (χ0n) is 6.97. The maximum absolute atomic E-state index is 3.77. The minimum absolute atomic E-state index is 0.666. The number of rotatable bonds is 1. The highest BCUT2D eigenvalue weighted by atomic mass is 15.2. The van der Waals surface area contributed by atoms with Crippen molar-refractivity contribution in [2.24, 2.45) is 5.41 Å². The van der Waals surface area contributed by atoms with Gasteiger partial charge in [0, 0.05) is 18.5 Å². The standard InChI is InChI=1S/C9H16N2/c1-2-11-7-9(8-11)3-5-10-6-4-9/h2,10H,1,3-8H2. The summed E-state index contributed by atoms with van der Waals surface area (Å²) in [5, 5.41) is 3.40. The molecule has 0 unspecified atom stereocenters. The molecule has 62 valence electrons. The number of nitrogens with one attached hydrogen (secondary N) is 1. The Morgan fingerprint density at radius 2 is 1.91 bits per heavy atom. The first-order valence-electron chi connectivity index (χ1n) is 4.42. The molecule has 2 nitrogen and oxygen atoms in total. The normalized spacial score (nSPS) is 28.2. The van der Waals surface area contributed by atoms with Gasteiger partial charge in [0.2, 0.25) is 0 Å². The van der Waals surface area contributed by atoms with Crippen molar-refractivity contribution in [3.8, 4) is 0 Å². The van der Waals surface area contributed by atoms with Gasteiger partial charge >= 0.3 is 0 Å². The molecule has 0 aliphatic carbocycles. The van der Waals surface area contributed by atoms with E-state index in [9.17, 15) is 0 Å². The molecule has 1 spiro atoms. The zero-order valence-corrected chi connectivity index (χ0v) is 6.97. The van der Waals surface area contributed by atoms with E-state index in [-0.39, 0.29) is 0 Å². The van der Waals surface area contributed by atoms with Crippen molar-refractivity contribution >= 4 is 0 Å². The molecule has 0 aromatic rings. The topological polar surface area (TPSA) is 15.3 Å². The molecule has 2 saturated heterocycles. The van der Waals surface area contributed by atoms with E-state index < -0.39 is 0 Å². The van der Waals surface area contributed by atoms with E-state index >= 15 is 0 Å². The fraction of sp³-hybridized carbons (Fsp3) is 0.778. The molecule has 2 fully saturated rings. The molecule has 2 rings (SSSR count). The van der Waals surface area contributed by atoms with Gasteiger partial charge in [0.25, 0.3) is 0 Å². The van der Waals surface area contributed by atoms with Gasteiger partial charge in [-0.15, -0.1) is 0 Å². The minimum Gasteiger partial charge on any atom is -0.377 e. The summed E-state index contributed by atoms with van der Waals surface area (Å²) in [6.07, 6.45) is 4.68. The highest BCUT2D eigenvalue weighted by Crippen LogP contribution is 2.38. The van der Waals surface area contributed by atoms with Gasteiger partial charge in [-0.1, -0.05) is 6.58 Å². The van der Waals surface area contributed by atoms with Gasteiger partial charge in [0.05, 0.1) is 0 Å². The van der Waals surface area contributed by atoms with Crippen LogP contribution in [0.5, 0.6) is 0 Å². The van der Waals surface area contributed by atoms with Crippen LogP contribution in [0, 0.1) is 5.41 Å². The van der Waals surface area contributed by atoms with Crippen molar-refractivity contribution in [3.05, 3.63) is 12.8 Å². The van der Waals surface area contributed by atoms with Crippen molar-refractivity contribution in [2.75, 3.05) is 26.2 Å². The lowest BCUT2D eigenvalue weighted by Crippen LogP contribution is -2.57. The highest BCUT2D eigenvalue weighted by molar-refractivity contribution is 5.00. The van der Waals surface area contributed by atoms with Gasteiger partial charge in [0.1, 0.15) is 0 Å². The van der Waals surface area contributed by atoms with Crippen LogP contribution in [-0.2, 0) is 0 Å². The quantitative estimate of drug-likeness (QED) is 0.598. The second-order valence-electron chi connectivity index (χ2n) is 3.84. The number of hydrogen-bond acceptors (Lipinski definition) is 2. The molecule has 2 heterocycles. The Kier molecular flexibility index (Phi) is 1.64. The van der Waals surface area contributed by atoms with E-state index in [1.165, 1.54) is 39.0 Å². The smallest absolute Gasteiger partial charge is 0.0247 e. The first kappa shape index (κ1) is 7.17. The first-order valence-corrected chi connectivity index (χ1v) is 4.42. The number of nitrogens with zero attached hydrogens (tertiary/aromatic N) is 1. The second-order valence-corrected chi connectivity index (χ2v) is 3.84. The summed E-state index contributed by atoms with van der Waals surface area (Å²) in [7, 11) is 0. The summed E-state index contributed by atoms with van der Waals surface area (Å²) in [5.74, 6) is 0. The van der Waals surface area contributed by atoms with Gasteiger partial charge in [-0.25, -0.2) is 0 Å². The summed E-state index contributed by atoms with van der Waals surface area (Å²) in [4.78, 5) is 2.31. The average molecular weight is 152 g/mol. The molecule has 1 N–H and O–H groups in total. The summed E-state index contributed by atoms with van der Waals surface area (Å²) < 4.78 is 0. The highest BCUT2D eigenvalue weighted by Gasteiger charge is 2.41. The molecular weight excluding hydrogens is 136 g/mol. The lowest BCUT2D eigenvalue weighted by Gasteiger charge is -2.52. The fourth-order valence-electron chi connectivity index (χ4n) is 2.22. The van der Waals surface area contributed by atoms with Crippen LogP contribution in [0.1, 0.15) is 12.8 Å². The largest absolute Gasteiger partial charge is 0.377 e. The Morgan fingerprint density at radius 1 is 1.27 bits per heavy atom. The monoisotopic (exact) mass is 152 g/mol. The summed E-state index contributed by atoms with van der Waals surface area (Å²) >= 11 is 0. The van der Waals surface area contributed by atoms with E-state index in [0.29, 0.717) is 5.41 Å². The SMILES string of the molecule is C=CN1CC2(CCNCC2)C1. The summed E-state index contributed by atoms with van der Waals surface area (Å²) in [6, 6.07) is 0. The predicted molar refractivity (Wildman–Crippen MR) is 46.3 cm³/mol. The minimum atomic E-state index is 0.666. The summed E-state index contributed by atoms with van der Waals surface area (Å²) in [6.45, 7) is 8.69. The average Bonchev–Trinajstić information content (AvgIpc) is 2.01. The maximum Gasteiger partial charge on any atom is 0.0247 e. The zero-order chi connectivity index (χ0) is 7.73. The molecule has 0 bridgehead atoms. The van der Waals surface area contributed by atoms with Crippen molar-refractivity contribution < 1.29 is 0 Å². The lowest BCUT2D eigenvalue weighted by atomic mass is 9.73. The molecule has 2 aliphatic rings. The molecule has 11 heavy (non-hydrogen) atoms. The van der Waals surface area contributed by atoms with E-state index in [1.54, 1.807) is 0 Å². The Morgan fingerprint density at radius 3 is 2.45 bits per heavy atom. The molecule has 0 atom stereocenters. The Hall–Kier alpha value is -0.500. The predicted octanol–water partition coefficient (Wildman–Crippen LogP) is 0.815. The Balaban J connectivity index is 1.88. The van der Waals surface area contributed by atoms with Crippen LogP contribution in [0.25, 0.3) is 0 Å². The van der Waals surface area contributed by atoms with Gasteiger partial charge in [-0.2, -0.15) is 0 Å². The Bertz CT molecular complexity index is 151. The van der Waals surface area contributed by atoms with Crippen molar-refractivity contribution in [1.29, 1.82) is 0 Å². The van der Waals surface area contributed by atoms with Gasteiger partial charge in [0.15, 0.2) is 0 Å². The lowest BCUT2D eigenvalue weighted by molar-refractivity contribution is 0.0120. The number of piperidine rings is 1. The van der Waals surface area contributed by atoms with Crippen LogP contribution in [0.3, 0.4) is 0 Å². The number of likely N-dealkylation sites (tertiary alicyclic amines) is 1. The van der Waals surface area contributed by atoms with E-state index in [0.717, 1.165) is 0 Å². The molecular formula is C9H16N2. The van der Waals surface area contributed by atoms with E-state index in [2.05, 4.69) is 16.8 Å². The third kappa shape index (κ3) is 1.16. The third-order valence-electron chi connectivity index (χ3n) is 3.00. The number of hydrogen-bond donors (Lipinski definition) is 1. The van der Waals surface area contributed by atoms with Crippen molar-refractivity contribution in [2.45, 2.75) is 12.8 Å². The van der Waals surface area contributed by atoms with Gasteiger partial charge < -0.3 is 10.2 Å². The van der Waals surface area contributed by atoms with E-state index in [4.69, 9.17) is 0 Å². The van der Waals surface area contributed by atoms with Crippen molar-refractivity contribution in [3.63, 3.8) is 0 Å². The van der Waals surface area contributed by atoms with Crippen LogP contribution in [-0.4, -0.2) is 31.1 Å². The van der Waals surface area contributed by atoms with Crippen molar-refractivity contribution in [1.82, 2.24) is 10.2 Å². The third-order valence-corrected chi connectivity index (χ3v) is 3.00. The van der Waals surface area contributed by atoms with Crippen LogP contribution in [0.2, 0.25) is 0 Å². The Labute approximate surface area is 68.3 Å². The molecule has 0 aromatic heterocycles. The van der Waals surface area contributed by atoms with Gasteiger partial charge in [-0.05, 0) is 32.1 Å².